The van der Waals surface area contributed by atoms with E-state index in [0.717, 1.165) is 5.75 Å². The van der Waals surface area contributed by atoms with Crippen LogP contribution in [0.5, 0.6) is 0 Å². The minimum absolute atomic E-state index is 0.144. The van der Waals surface area contributed by atoms with Gasteiger partial charge in [0.1, 0.15) is 5.54 Å². The smallest absolute Gasteiger partial charge is 0.324 e. The predicted molar refractivity (Wildman–Crippen MR) is 69.4 cm³/mol. The molecule has 1 aromatic heterocycles. The lowest BCUT2D eigenvalue weighted by atomic mass is 10.1. The van der Waals surface area contributed by atoms with Crippen LogP contribution < -0.4 is 5.32 Å². The van der Waals surface area contributed by atoms with Crippen molar-refractivity contribution in [1.29, 1.82) is 0 Å². The third-order valence-corrected chi connectivity index (χ3v) is 4.61. The van der Waals surface area contributed by atoms with E-state index in [0.29, 0.717) is 6.54 Å². The molecule has 1 aromatic rings. The Hall–Kier alpha value is -1.01. The SMILES string of the molecule is CC1(C)NC(=O)N(CCSc2cccs2)C1=O. The lowest BCUT2D eigenvalue weighted by Crippen LogP contribution is -2.40. The van der Waals surface area contributed by atoms with Gasteiger partial charge in [-0.15, -0.1) is 23.1 Å². The molecule has 0 bridgehead atoms. The molecule has 6 heteroatoms. The first-order chi connectivity index (χ1) is 8.00. The van der Waals surface area contributed by atoms with E-state index in [4.69, 9.17) is 0 Å². The molecule has 1 saturated heterocycles. The van der Waals surface area contributed by atoms with Crippen LogP contribution in [0.15, 0.2) is 21.7 Å². The lowest BCUT2D eigenvalue weighted by molar-refractivity contribution is -0.130. The molecule has 0 saturated carbocycles. The number of nitrogens with zero attached hydrogens (tertiary/aromatic N) is 1. The molecule has 1 aliphatic heterocycles. The van der Waals surface area contributed by atoms with Crippen molar-refractivity contribution in [3.63, 3.8) is 0 Å². The largest absolute Gasteiger partial charge is 0.325 e. The van der Waals surface area contributed by atoms with Crippen LogP contribution in [0.25, 0.3) is 0 Å². The second-order valence-corrected chi connectivity index (χ2v) is 6.64. The molecule has 0 spiro atoms. The average Bonchev–Trinajstić information content (AvgIpc) is 2.80. The van der Waals surface area contributed by atoms with Crippen LogP contribution in [-0.2, 0) is 4.79 Å². The fourth-order valence-electron chi connectivity index (χ4n) is 1.60. The van der Waals surface area contributed by atoms with Gasteiger partial charge in [0.25, 0.3) is 5.91 Å². The van der Waals surface area contributed by atoms with Crippen LogP contribution in [0.1, 0.15) is 13.8 Å². The summed E-state index contributed by atoms with van der Waals surface area (Å²) in [6.07, 6.45) is 0. The van der Waals surface area contributed by atoms with E-state index in [1.807, 2.05) is 17.5 Å². The van der Waals surface area contributed by atoms with Gasteiger partial charge in [0, 0.05) is 12.3 Å². The highest BCUT2D eigenvalue weighted by Gasteiger charge is 2.43. The molecule has 2 rings (SSSR count). The molecule has 1 fully saturated rings. The molecule has 2 heterocycles. The highest BCUT2D eigenvalue weighted by atomic mass is 32.2. The van der Waals surface area contributed by atoms with Crippen molar-refractivity contribution in [2.75, 3.05) is 12.3 Å². The van der Waals surface area contributed by atoms with Gasteiger partial charge in [-0.05, 0) is 25.3 Å². The number of carbonyl (C=O) groups is 2. The van der Waals surface area contributed by atoms with Gasteiger partial charge in [-0.1, -0.05) is 6.07 Å². The second kappa shape index (κ2) is 4.70. The maximum atomic E-state index is 11.9. The molecule has 0 radical (unpaired) electrons. The number of thioether (sulfide) groups is 1. The fourth-order valence-corrected chi connectivity index (χ4v) is 3.39. The molecule has 92 valence electrons. The van der Waals surface area contributed by atoms with Gasteiger partial charge in [0.15, 0.2) is 0 Å². The van der Waals surface area contributed by atoms with Crippen LogP contribution in [0, 0.1) is 0 Å². The Labute approximate surface area is 108 Å². The van der Waals surface area contributed by atoms with Crippen molar-refractivity contribution >= 4 is 35.0 Å². The van der Waals surface area contributed by atoms with E-state index in [1.54, 1.807) is 36.9 Å². The standard InChI is InChI=1S/C11H14N2O2S2/c1-11(2)9(14)13(10(15)12-11)5-7-17-8-4-3-6-16-8/h3-4,6H,5,7H2,1-2H3,(H,12,15). The third kappa shape index (κ3) is 2.63. The van der Waals surface area contributed by atoms with Crippen LogP contribution >= 0.6 is 23.1 Å². The summed E-state index contributed by atoms with van der Waals surface area (Å²) in [5.41, 5.74) is -0.759. The summed E-state index contributed by atoms with van der Waals surface area (Å²) >= 11 is 3.33. The number of rotatable bonds is 4. The zero-order valence-electron chi connectivity index (χ0n) is 9.73. The van der Waals surface area contributed by atoms with Crippen molar-refractivity contribution in [3.05, 3.63) is 17.5 Å². The zero-order chi connectivity index (χ0) is 12.5. The highest BCUT2D eigenvalue weighted by Crippen LogP contribution is 2.24. The molecule has 1 N–H and O–H groups in total. The van der Waals surface area contributed by atoms with Crippen molar-refractivity contribution in [2.45, 2.75) is 23.6 Å². The van der Waals surface area contributed by atoms with E-state index in [9.17, 15) is 9.59 Å². The van der Waals surface area contributed by atoms with E-state index < -0.39 is 5.54 Å². The van der Waals surface area contributed by atoms with Crippen molar-refractivity contribution in [3.8, 4) is 0 Å². The van der Waals surface area contributed by atoms with Crippen molar-refractivity contribution in [2.24, 2.45) is 0 Å². The van der Waals surface area contributed by atoms with Crippen LogP contribution in [-0.4, -0.2) is 34.7 Å². The number of amides is 3. The summed E-state index contributed by atoms with van der Waals surface area (Å²) in [7, 11) is 0. The molecule has 4 nitrogen and oxygen atoms in total. The second-order valence-electron chi connectivity index (χ2n) is 4.29. The zero-order valence-corrected chi connectivity index (χ0v) is 11.4. The number of nitrogens with one attached hydrogen (secondary N) is 1. The first-order valence-electron chi connectivity index (χ1n) is 5.31. The maximum absolute atomic E-state index is 11.9. The van der Waals surface area contributed by atoms with Gasteiger partial charge in [0.05, 0.1) is 4.21 Å². The van der Waals surface area contributed by atoms with Crippen LogP contribution in [0.2, 0.25) is 0 Å². The Morgan fingerprint density at radius 1 is 1.47 bits per heavy atom. The Balaban J connectivity index is 1.87. The average molecular weight is 270 g/mol. The highest BCUT2D eigenvalue weighted by molar-refractivity contribution is 8.01. The summed E-state index contributed by atoms with van der Waals surface area (Å²) in [6.45, 7) is 3.90. The van der Waals surface area contributed by atoms with Gasteiger partial charge >= 0.3 is 6.03 Å². The summed E-state index contributed by atoms with van der Waals surface area (Å²) < 4.78 is 1.20. The Morgan fingerprint density at radius 3 is 2.76 bits per heavy atom. The van der Waals surface area contributed by atoms with Crippen LogP contribution in [0.4, 0.5) is 4.79 Å². The van der Waals surface area contributed by atoms with Gasteiger partial charge in [-0.25, -0.2) is 4.79 Å². The molecule has 0 aromatic carbocycles. The van der Waals surface area contributed by atoms with E-state index >= 15 is 0 Å². The molecule has 0 unspecified atom stereocenters. The normalized spacial score (nSPS) is 18.6. The van der Waals surface area contributed by atoms with E-state index in [1.165, 1.54) is 9.11 Å². The first-order valence-corrected chi connectivity index (χ1v) is 7.17. The van der Waals surface area contributed by atoms with E-state index in [-0.39, 0.29) is 11.9 Å². The molecular formula is C11H14N2O2S2. The fraction of sp³-hybridized carbons (Fsp3) is 0.455. The quantitative estimate of drug-likeness (QED) is 0.674. The van der Waals surface area contributed by atoms with Gasteiger partial charge in [0.2, 0.25) is 0 Å². The first kappa shape index (κ1) is 12.4. The number of thiophene rings is 1. The predicted octanol–water partition coefficient (Wildman–Crippen LogP) is 2.17. The summed E-state index contributed by atoms with van der Waals surface area (Å²) in [5.74, 6) is 0.588. The molecule has 0 aliphatic carbocycles. The van der Waals surface area contributed by atoms with Crippen molar-refractivity contribution < 1.29 is 9.59 Å². The minimum atomic E-state index is -0.759. The number of hydrogen-bond acceptors (Lipinski definition) is 4. The Bertz CT molecular complexity index is 429. The Kier molecular flexibility index (Phi) is 3.44. The van der Waals surface area contributed by atoms with Crippen molar-refractivity contribution in [1.82, 2.24) is 10.2 Å². The summed E-state index contributed by atoms with van der Waals surface area (Å²) in [4.78, 5) is 24.7. The van der Waals surface area contributed by atoms with Gasteiger partial charge in [-0.2, -0.15) is 0 Å². The molecule has 1 aliphatic rings. The Morgan fingerprint density at radius 2 is 2.24 bits per heavy atom. The molecule has 17 heavy (non-hydrogen) atoms. The topological polar surface area (TPSA) is 49.4 Å². The van der Waals surface area contributed by atoms with Gasteiger partial charge < -0.3 is 5.32 Å². The lowest BCUT2D eigenvalue weighted by Gasteiger charge is -2.15. The third-order valence-electron chi connectivity index (χ3n) is 2.50. The summed E-state index contributed by atoms with van der Waals surface area (Å²) in [5, 5.41) is 4.68. The van der Waals surface area contributed by atoms with Crippen LogP contribution in [0.3, 0.4) is 0 Å². The number of imide groups is 1. The van der Waals surface area contributed by atoms with Gasteiger partial charge in [-0.3, -0.25) is 9.69 Å². The number of hydrogen-bond donors (Lipinski definition) is 1. The number of carbonyl (C=O) groups excluding carboxylic acids is 2. The molecule has 3 amide bonds. The molecule has 0 atom stereocenters. The van der Waals surface area contributed by atoms with E-state index in [2.05, 4.69) is 5.32 Å². The monoisotopic (exact) mass is 270 g/mol. The maximum Gasteiger partial charge on any atom is 0.325 e. The minimum Gasteiger partial charge on any atom is -0.324 e. The molecular weight excluding hydrogens is 256 g/mol. The number of urea groups is 1. The summed E-state index contributed by atoms with van der Waals surface area (Å²) in [6, 6.07) is 3.74.